The number of aliphatic hydroxyl groups is 1. The molecule has 0 radical (unpaired) electrons. The molecule has 1 aromatic carbocycles. The zero-order valence-corrected chi connectivity index (χ0v) is 12.3. The molecule has 0 aliphatic rings. The Morgan fingerprint density at radius 2 is 2.15 bits per heavy atom. The standard InChI is InChI=1S/C15H24N2O3/c1-4-20-10-13-6-5-7-14(8-13)17-15(19)16-12(3)11(2)9-18/h5-8,11-12,18H,4,9-10H2,1-3H3,(H2,16,17,19). The predicted molar refractivity (Wildman–Crippen MR) is 79.6 cm³/mol. The Morgan fingerprint density at radius 3 is 2.80 bits per heavy atom. The number of amides is 2. The van der Waals surface area contributed by atoms with Gasteiger partial charge in [0.2, 0.25) is 0 Å². The second-order valence-corrected chi connectivity index (χ2v) is 4.88. The normalized spacial score (nSPS) is 13.6. The van der Waals surface area contributed by atoms with Crippen LogP contribution < -0.4 is 10.6 Å². The van der Waals surface area contributed by atoms with Gasteiger partial charge in [0.15, 0.2) is 0 Å². The van der Waals surface area contributed by atoms with Crippen LogP contribution in [-0.4, -0.2) is 30.4 Å². The molecule has 0 fully saturated rings. The number of carbonyl (C=O) groups is 1. The summed E-state index contributed by atoms with van der Waals surface area (Å²) in [7, 11) is 0. The predicted octanol–water partition coefficient (Wildman–Crippen LogP) is 2.36. The summed E-state index contributed by atoms with van der Waals surface area (Å²) in [6.07, 6.45) is 0. The molecule has 0 aliphatic heterocycles. The number of hydrogen-bond acceptors (Lipinski definition) is 3. The lowest BCUT2D eigenvalue weighted by atomic mass is 10.1. The van der Waals surface area contributed by atoms with Gasteiger partial charge < -0.3 is 20.5 Å². The van der Waals surface area contributed by atoms with Crippen molar-refractivity contribution in [3.63, 3.8) is 0 Å². The topological polar surface area (TPSA) is 70.6 Å². The molecule has 2 atom stereocenters. The monoisotopic (exact) mass is 280 g/mol. The molecule has 0 saturated heterocycles. The summed E-state index contributed by atoms with van der Waals surface area (Å²) >= 11 is 0. The maximum atomic E-state index is 11.8. The number of hydrogen-bond donors (Lipinski definition) is 3. The van der Waals surface area contributed by atoms with Crippen molar-refractivity contribution >= 4 is 11.7 Å². The van der Waals surface area contributed by atoms with Gasteiger partial charge in [0.25, 0.3) is 0 Å². The third-order valence-electron chi connectivity index (χ3n) is 3.16. The average molecular weight is 280 g/mol. The van der Waals surface area contributed by atoms with Crippen LogP contribution in [0.25, 0.3) is 0 Å². The van der Waals surface area contributed by atoms with Gasteiger partial charge in [-0.1, -0.05) is 19.1 Å². The minimum Gasteiger partial charge on any atom is -0.396 e. The zero-order chi connectivity index (χ0) is 15.0. The zero-order valence-electron chi connectivity index (χ0n) is 12.3. The van der Waals surface area contributed by atoms with E-state index in [0.29, 0.717) is 13.2 Å². The minimum absolute atomic E-state index is 0.0186. The van der Waals surface area contributed by atoms with Crippen LogP contribution in [0.15, 0.2) is 24.3 Å². The SMILES string of the molecule is CCOCc1cccc(NC(=O)NC(C)C(C)CO)c1. The van der Waals surface area contributed by atoms with Gasteiger partial charge in [0.05, 0.1) is 6.61 Å². The van der Waals surface area contributed by atoms with E-state index in [1.807, 2.05) is 45.0 Å². The van der Waals surface area contributed by atoms with Gasteiger partial charge in [0.1, 0.15) is 0 Å². The van der Waals surface area contributed by atoms with E-state index in [1.54, 1.807) is 0 Å². The summed E-state index contributed by atoms with van der Waals surface area (Å²) < 4.78 is 5.33. The molecular formula is C15H24N2O3. The molecule has 0 heterocycles. The van der Waals surface area contributed by atoms with Crippen LogP contribution in [0, 0.1) is 5.92 Å². The van der Waals surface area contributed by atoms with E-state index < -0.39 is 0 Å². The molecule has 0 aromatic heterocycles. The number of aliphatic hydroxyl groups excluding tert-OH is 1. The summed E-state index contributed by atoms with van der Waals surface area (Å²) in [6.45, 7) is 6.93. The van der Waals surface area contributed by atoms with E-state index in [4.69, 9.17) is 9.84 Å². The summed E-state index contributed by atoms with van der Waals surface area (Å²) in [6, 6.07) is 7.18. The molecule has 3 N–H and O–H groups in total. The molecule has 5 nitrogen and oxygen atoms in total. The fourth-order valence-corrected chi connectivity index (χ4v) is 1.63. The van der Waals surface area contributed by atoms with E-state index in [0.717, 1.165) is 11.3 Å². The Morgan fingerprint density at radius 1 is 1.40 bits per heavy atom. The van der Waals surface area contributed by atoms with Crippen LogP contribution in [-0.2, 0) is 11.3 Å². The summed E-state index contributed by atoms with van der Waals surface area (Å²) in [5.74, 6) is 0.0186. The van der Waals surface area contributed by atoms with E-state index in [9.17, 15) is 4.79 Å². The van der Waals surface area contributed by atoms with E-state index in [2.05, 4.69) is 10.6 Å². The van der Waals surface area contributed by atoms with Gasteiger partial charge in [-0.3, -0.25) is 0 Å². The number of benzene rings is 1. The fraction of sp³-hybridized carbons (Fsp3) is 0.533. The second-order valence-electron chi connectivity index (χ2n) is 4.88. The number of carbonyl (C=O) groups excluding carboxylic acids is 1. The molecule has 0 spiro atoms. The van der Waals surface area contributed by atoms with Gasteiger partial charge in [-0.15, -0.1) is 0 Å². The van der Waals surface area contributed by atoms with Crippen LogP contribution in [0.3, 0.4) is 0 Å². The summed E-state index contributed by atoms with van der Waals surface area (Å²) in [5.41, 5.74) is 1.74. The van der Waals surface area contributed by atoms with E-state index >= 15 is 0 Å². The first-order chi connectivity index (χ1) is 9.56. The quantitative estimate of drug-likeness (QED) is 0.718. The number of rotatable bonds is 7. The Hall–Kier alpha value is -1.59. The molecule has 1 aromatic rings. The van der Waals surface area contributed by atoms with Crippen LogP contribution in [0.2, 0.25) is 0 Å². The van der Waals surface area contributed by atoms with Gasteiger partial charge in [-0.25, -0.2) is 4.79 Å². The molecule has 2 unspecified atom stereocenters. The van der Waals surface area contributed by atoms with Gasteiger partial charge in [0, 0.05) is 24.9 Å². The third kappa shape index (κ3) is 5.59. The first-order valence-corrected chi connectivity index (χ1v) is 6.91. The van der Waals surface area contributed by atoms with Gasteiger partial charge in [-0.05, 0) is 37.5 Å². The molecule has 0 aliphatic carbocycles. The van der Waals surface area contributed by atoms with Crippen molar-refractivity contribution in [1.29, 1.82) is 0 Å². The van der Waals surface area contributed by atoms with E-state index in [-0.39, 0.29) is 24.6 Å². The molecule has 112 valence electrons. The molecule has 20 heavy (non-hydrogen) atoms. The molecular weight excluding hydrogens is 256 g/mol. The first kappa shape index (κ1) is 16.5. The van der Waals surface area contributed by atoms with Crippen molar-refractivity contribution in [2.24, 2.45) is 5.92 Å². The highest BCUT2D eigenvalue weighted by atomic mass is 16.5. The molecule has 5 heteroatoms. The second kappa shape index (κ2) is 8.55. The van der Waals surface area contributed by atoms with Gasteiger partial charge >= 0.3 is 6.03 Å². The Labute approximate surface area is 120 Å². The maximum absolute atomic E-state index is 11.8. The average Bonchev–Trinajstić information content (AvgIpc) is 2.44. The largest absolute Gasteiger partial charge is 0.396 e. The number of ether oxygens (including phenoxy) is 1. The first-order valence-electron chi connectivity index (χ1n) is 6.91. The Kier molecular flexibility index (Phi) is 7.04. The molecule has 1 rings (SSSR count). The number of nitrogens with one attached hydrogen (secondary N) is 2. The summed E-state index contributed by atoms with van der Waals surface area (Å²) in [5, 5.41) is 14.6. The number of anilines is 1. The van der Waals surface area contributed by atoms with Crippen molar-refractivity contribution in [3.8, 4) is 0 Å². The third-order valence-corrected chi connectivity index (χ3v) is 3.16. The maximum Gasteiger partial charge on any atom is 0.319 e. The van der Waals surface area contributed by atoms with Crippen molar-refractivity contribution in [1.82, 2.24) is 5.32 Å². The van der Waals surface area contributed by atoms with Crippen molar-refractivity contribution in [2.45, 2.75) is 33.4 Å². The number of urea groups is 1. The van der Waals surface area contributed by atoms with Crippen molar-refractivity contribution in [2.75, 3.05) is 18.5 Å². The van der Waals surface area contributed by atoms with Crippen molar-refractivity contribution in [3.05, 3.63) is 29.8 Å². The summed E-state index contributed by atoms with van der Waals surface area (Å²) in [4.78, 5) is 11.8. The minimum atomic E-state index is -0.272. The lowest BCUT2D eigenvalue weighted by molar-refractivity contribution is 0.134. The van der Waals surface area contributed by atoms with Crippen LogP contribution >= 0.6 is 0 Å². The highest BCUT2D eigenvalue weighted by molar-refractivity contribution is 5.89. The molecule has 0 bridgehead atoms. The smallest absolute Gasteiger partial charge is 0.319 e. The highest BCUT2D eigenvalue weighted by Gasteiger charge is 2.13. The fourth-order valence-electron chi connectivity index (χ4n) is 1.63. The molecule has 2 amide bonds. The van der Waals surface area contributed by atoms with Crippen LogP contribution in [0.4, 0.5) is 10.5 Å². The van der Waals surface area contributed by atoms with E-state index in [1.165, 1.54) is 0 Å². The molecule has 0 saturated carbocycles. The Balaban J connectivity index is 2.53. The lowest BCUT2D eigenvalue weighted by Crippen LogP contribution is -2.40. The highest BCUT2D eigenvalue weighted by Crippen LogP contribution is 2.12. The van der Waals surface area contributed by atoms with Crippen molar-refractivity contribution < 1.29 is 14.6 Å². The lowest BCUT2D eigenvalue weighted by Gasteiger charge is -2.19. The van der Waals surface area contributed by atoms with Gasteiger partial charge in [-0.2, -0.15) is 0 Å². The Bertz CT molecular complexity index is 423. The van der Waals surface area contributed by atoms with Crippen LogP contribution in [0.1, 0.15) is 26.3 Å². The van der Waals surface area contributed by atoms with Crippen LogP contribution in [0.5, 0.6) is 0 Å².